The van der Waals surface area contributed by atoms with Crippen LogP contribution in [-0.2, 0) is 32.5 Å². The molecule has 1 fully saturated rings. The number of nitrogens with zero attached hydrogens (tertiary/aromatic N) is 3. The van der Waals surface area contributed by atoms with E-state index in [9.17, 15) is 0 Å². The van der Waals surface area contributed by atoms with Gasteiger partial charge in [0.15, 0.2) is 0 Å². The lowest BCUT2D eigenvalue weighted by Crippen LogP contribution is -2.64. The third kappa shape index (κ3) is 7.54. The first-order chi connectivity index (χ1) is 36.3. The molecule has 3 aliphatic heterocycles. The molecule has 0 amide bonds. The predicted octanol–water partition coefficient (Wildman–Crippen LogP) is 18.6. The molecule has 77 heavy (non-hydrogen) atoms. The molecule has 0 N–H and O–H groups in total. The second kappa shape index (κ2) is 16.7. The molecule has 3 nitrogen and oxygen atoms in total. The number of thiophene rings is 1. The van der Waals surface area contributed by atoms with Crippen molar-refractivity contribution >= 4 is 89.3 Å². The van der Waals surface area contributed by atoms with Crippen molar-refractivity contribution in [1.29, 1.82) is 0 Å². The summed E-state index contributed by atoms with van der Waals surface area (Å²) in [6, 6.07) is 55.7. The van der Waals surface area contributed by atoms with Gasteiger partial charge >= 0.3 is 0 Å². The van der Waals surface area contributed by atoms with Gasteiger partial charge in [-0.3, -0.25) is 0 Å². The zero-order chi connectivity index (χ0) is 54.1. The Bertz CT molecular complexity index is 3620. The average Bonchev–Trinajstić information content (AvgIpc) is 3.17. The first kappa shape index (κ1) is 50.5. The second-order valence-corrected chi connectivity index (χ2v) is 29.9. The summed E-state index contributed by atoms with van der Waals surface area (Å²) in [5.41, 5.74) is 24.3. The molecular formula is C72H80BN3S. The summed E-state index contributed by atoms with van der Waals surface area (Å²) in [6.45, 7) is 36.2. The van der Waals surface area contributed by atoms with Crippen molar-refractivity contribution < 1.29 is 0 Å². The van der Waals surface area contributed by atoms with Gasteiger partial charge in [0.1, 0.15) is 0 Å². The van der Waals surface area contributed by atoms with Crippen LogP contribution in [0, 0.1) is 0 Å². The van der Waals surface area contributed by atoms with Crippen LogP contribution in [0.1, 0.15) is 176 Å². The fourth-order valence-corrected chi connectivity index (χ4v) is 16.2. The van der Waals surface area contributed by atoms with E-state index in [-0.39, 0.29) is 44.7 Å². The molecule has 0 bridgehead atoms. The van der Waals surface area contributed by atoms with Crippen LogP contribution in [-0.4, -0.2) is 12.3 Å². The lowest BCUT2D eigenvalue weighted by Gasteiger charge is -2.52. The van der Waals surface area contributed by atoms with Crippen molar-refractivity contribution in [2.75, 3.05) is 14.7 Å². The van der Waals surface area contributed by atoms with Crippen molar-refractivity contribution in [2.45, 2.75) is 180 Å². The summed E-state index contributed by atoms with van der Waals surface area (Å²) in [6.07, 6.45) is 7.13. The average molecular weight is 1030 g/mol. The first-order valence-corrected chi connectivity index (χ1v) is 29.9. The van der Waals surface area contributed by atoms with E-state index in [2.05, 4.69) is 269 Å². The quantitative estimate of drug-likeness (QED) is 0.159. The summed E-state index contributed by atoms with van der Waals surface area (Å²) in [5, 5.41) is 1.38. The Labute approximate surface area is 465 Å². The number of hydrogen-bond acceptors (Lipinski definition) is 4. The molecule has 5 heteroatoms. The Kier molecular flexibility index (Phi) is 11.0. The molecular weight excluding hydrogens is 950 g/mol. The predicted molar refractivity (Wildman–Crippen MR) is 335 cm³/mol. The first-order valence-electron chi connectivity index (χ1n) is 29.0. The van der Waals surface area contributed by atoms with E-state index in [4.69, 9.17) is 0 Å². The SMILES string of the molecule is CC(C)(C)c1ccc(N(c2ccc(C(C)(C)C)cc2)c2cc3c4c(c2)N2c5c(cc(-c6ccccc6)cc5C5(C)CCCCC25C)B4c2sc4cc5c(cc4c2N3c2ccc(C(C)(C)C)cc2)C(C)(C)CCC5(C)C)cc1. The van der Waals surface area contributed by atoms with E-state index in [1.54, 1.807) is 0 Å². The zero-order valence-electron chi connectivity index (χ0n) is 48.8. The molecule has 2 unspecified atom stereocenters. The molecule has 8 aromatic rings. The van der Waals surface area contributed by atoms with Gasteiger partial charge in [-0.15, -0.1) is 11.3 Å². The van der Waals surface area contributed by atoms with Gasteiger partial charge in [-0.2, -0.15) is 0 Å². The topological polar surface area (TPSA) is 9.72 Å². The van der Waals surface area contributed by atoms with Crippen LogP contribution in [0.3, 0.4) is 0 Å². The Morgan fingerprint density at radius 2 is 1.03 bits per heavy atom. The lowest BCUT2D eigenvalue weighted by atomic mass is 9.36. The van der Waals surface area contributed by atoms with Crippen LogP contribution in [0.4, 0.5) is 45.5 Å². The van der Waals surface area contributed by atoms with Gasteiger partial charge in [0.05, 0.1) is 16.9 Å². The highest BCUT2D eigenvalue weighted by molar-refractivity contribution is 7.33. The van der Waals surface area contributed by atoms with Crippen LogP contribution in [0.15, 0.2) is 140 Å². The van der Waals surface area contributed by atoms with Crippen molar-refractivity contribution in [3.05, 3.63) is 173 Å². The minimum atomic E-state index is -0.154. The van der Waals surface area contributed by atoms with Crippen LogP contribution in [0.25, 0.3) is 21.2 Å². The molecule has 0 saturated heterocycles. The molecule has 7 aromatic carbocycles. The smallest absolute Gasteiger partial charge is 0.264 e. The fourth-order valence-electron chi connectivity index (χ4n) is 14.8. The summed E-state index contributed by atoms with van der Waals surface area (Å²) in [7, 11) is 0. The Hall–Kier alpha value is -6.04. The van der Waals surface area contributed by atoms with E-state index in [1.165, 1.54) is 148 Å². The second-order valence-electron chi connectivity index (χ2n) is 28.8. The highest BCUT2D eigenvalue weighted by Gasteiger charge is 2.62. The summed E-state index contributed by atoms with van der Waals surface area (Å²) in [5.74, 6) is 0. The highest BCUT2D eigenvalue weighted by Crippen LogP contribution is 2.63. The van der Waals surface area contributed by atoms with E-state index in [0.717, 1.165) is 6.42 Å². The number of benzene rings is 7. The number of anilines is 8. The third-order valence-corrected chi connectivity index (χ3v) is 21.1. The van der Waals surface area contributed by atoms with Gasteiger partial charge in [-0.1, -0.05) is 183 Å². The number of hydrogen-bond donors (Lipinski definition) is 0. The molecule has 2 atom stereocenters. The maximum absolute atomic E-state index is 2.93. The molecule has 392 valence electrons. The van der Waals surface area contributed by atoms with E-state index in [0.29, 0.717) is 0 Å². The lowest BCUT2D eigenvalue weighted by molar-refractivity contribution is 0.195. The molecule has 13 rings (SSSR count). The van der Waals surface area contributed by atoms with E-state index in [1.807, 2.05) is 0 Å². The van der Waals surface area contributed by atoms with Gasteiger partial charge in [0.25, 0.3) is 6.71 Å². The van der Waals surface area contributed by atoms with Gasteiger partial charge in [-0.25, -0.2) is 0 Å². The third-order valence-electron chi connectivity index (χ3n) is 19.9. The molecule has 2 aliphatic carbocycles. The summed E-state index contributed by atoms with van der Waals surface area (Å²) in [4.78, 5) is 8.24. The van der Waals surface area contributed by atoms with Crippen molar-refractivity contribution in [3.8, 4) is 11.1 Å². The molecule has 5 aliphatic rings. The van der Waals surface area contributed by atoms with Gasteiger partial charge in [0.2, 0.25) is 0 Å². The summed E-state index contributed by atoms with van der Waals surface area (Å²) >= 11 is 2.07. The number of fused-ring (bicyclic) bond motifs is 10. The van der Waals surface area contributed by atoms with Gasteiger partial charge < -0.3 is 14.7 Å². The van der Waals surface area contributed by atoms with Crippen molar-refractivity contribution in [3.63, 3.8) is 0 Å². The number of rotatable bonds is 5. The molecule has 1 saturated carbocycles. The maximum atomic E-state index is 2.93. The molecule has 0 spiro atoms. The van der Waals surface area contributed by atoms with Crippen LogP contribution in [0.2, 0.25) is 0 Å². The zero-order valence-corrected chi connectivity index (χ0v) is 49.7. The highest BCUT2D eigenvalue weighted by atomic mass is 32.1. The molecule has 0 radical (unpaired) electrons. The molecule has 1 aromatic heterocycles. The maximum Gasteiger partial charge on any atom is 0.264 e. The minimum Gasteiger partial charge on any atom is -0.335 e. The Balaban J connectivity index is 1.18. The summed E-state index contributed by atoms with van der Waals surface area (Å²) < 4.78 is 2.86. The Morgan fingerprint density at radius 3 is 1.60 bits per heavy atom. The van der Waals surface area contributed by atoms with Crippen molar-refractivity contribution in [2.24, 2.45) is 0 Å². The molecule has 4 heterocycles. The fraction of sp³-hybridized carbons (Fsp3) is 0.389. The monoisotopic (exact) mass is 1030 g/mol. The van der Waals surface area contributed by atoms with Gasteiger partial charge in [-0.05, 0) is 182 Å². The van der Waals surface area contributed by atoms with Crippen molar-refractivity contribution in [1.82, 2.24) is 0 Å². The van der Waals surface area contributed by atoms with Gasteiger partial charge in [0, 0.05) is 54.4 Å². The van der Waals surface area contributed by atoms with E-state index < -0.39 is 0 Å². The van der Waals surface area contributed by atoms with Crippen LogP contribution < -0.4 is 30.4 Å². The normalized spacial score (nSPS) is 20.8. The minimum absolute atomic E-state index is 0.0175. The van der Waals surface area contributed by atoms with Crippen LogP contribution >= 0.6 is 11.3 Å². The Morgan fingerprint density at radius 1 is 0.494 bits per heavy atom. The van der Waals surface area contributed by atoms with Crippen LogP contribution in [0.5, 0.6) is 0 Å². The van der Waals surface area contributed by atoms with E-state index >= 15 is 0 Å². The standard InChI is InChI=1S/C72H80BN3S/c1-66(2,3)47-23-29-50(30-24-47)74(51-31-25-48(26-32-51)67(4,5)6)53-41-59-62-60(42-53)76-64-57(71(14)35-19-20-36-72(71,76)15)39-46(45-21-17-16-18-22-45)40-58(64)73(62)65-63(75(59)52-33-27-49(28-34-52)68(7,8)9)54-43-55-56(44-61(54)77-65)70(12,13)38-37-69(55,10)11/h16-18,21-34,39-44H,19-20,35-38H2,1-15H3. The largest absolute Gasteiger partial charge is 0.335 e.